The number of aliphatic hydroxyl groups excluding tert-OH is 1. The van der Waals surface area contributed by atoms with Gasteiger partial charge < -0.3 is 5.11 Å². The van der Waals surface area contributed by atoms with Gasteiger partial charge in [-0.25, -0.2) is 0 Å². The zero-order valence-electron chi connectivity index (χ0n) is 7.69. The van der Waals surface area contributed by atoms with Crippen LogP contribution in [-0.2, 0) is 6.42 Å². The van der Waals surface area contributed by atoms with E-state index in [4.69, 9.17) is 0 Å². The molecule has 0 bridgehead atoms. The molecule has 0 spiro atoms. The first-order chi connectivity index (χ1) is 6.34. The smallest absolute Gasteiger partial charge is 0.0543 e. The van der Waals surface area contributed by atoms with Crippen molar-refractivity contribution in [2.75, 3.05) is 0 Å². The van der Waals surface area contributed by atoms with Crippen molar-refractivity contribution in [2.45, 2.75) is 31.8 Å². The van der Waals surface area contributed by atoms with Gasteiger partial charge in [0.15, 0.2) is 0 Å². The minimum Gasteiger partial charge on any atom is -0.393 e. The Morgan fingerprint density at radius 2 is 2.08 bits per heavy atom. The molecular weight excluding hydrogens is 162 g/mol. The summed E-state index contributed by atoms with van der Waals surface area (Å²) in [7, 11) is 0. The quantitative estimate of drug-likeness (QED) is 0.747. The van der Waals surface area contributed by atoms with Crippen LogP contribution in [0.3, 0.4) is 0 Å². The first-order valence-electron chi connectivity index (χ1n) is 4.91. The Bertz CT molecular complexity index is 260. The number of aromatic nitrogens is 1. The first-order valence-corrected chi connectivity index (χ1v) is 4.91. The fraction of sp³-hybridized carbons (Fsp3) is 0.545. The monoisotopic (exact) mass is 177 g/mol. The minimum absolute atomic E-state index is 0.0492. The molecule has 1 heterocycles. The summed E-state index contributed by atoms with van der Waals surface area (Å²) in [6.07, 6.45) is 7.84. The van der Waals surface area contributed by atoms with Gasteiger partial charge >= 0.3 is 0 Å². The Morgan fingerprint density at radius 1 is 1.31 bits per heavy atom. The standard InChI is InChI=1S/C11H15NO/c13-11-2-1-10(8-11)7-9-3-5-12-6-4-9/h3-6,10-11,13H,1-2,7-8H2. The van der Waals surface area contributed by atoms with Gasteiger partial charge in [-0.15, -0.1) is 0 Å². The molecule has 1 N–H and O–H groups in total. The van der Waals surface area contributed by atoms with Crippen LogP contribution in [0.1, 0.15) is 24.8 Å². The number of hydrogen-bond donors (Lipinski definition) is 1. The second-order valence-electron chi connectivity index (χ2n) is 3.89. The molecule has 0 saturated heterocycles. The van der Waals surface area contributed by atoms with Crippen molar-refractivity contribution in [2.24, 2.45) is 5.92 Å². The maximum atomic E-state index is 9.37. The highest BCUT2D eigenvalue weighted by atomic mass is 16.3. The molecule has 2 unspecified atom stereocenters. The first kappa shape index (κ1) is 8.70. The predicted molar refractivity (Wildman–Crippen MR) is 51.3 cm³/mol. The lowest BCUT2D eigenvalue weighted by Crippen LogP contribution is -2.03. The molecule has 2 heteroatoms. The zero-order valence-corrected chi connectivity index (χ0v) is 7.69. The van der Waals surface area contributed by atoms with Crippen LogP contribution >= 0.6 is 0 Å². The Labute approximate surface area is 78.6 Å². The number of hydrogen-bond acceptors (Lipinski definition) is 2. The molecule has 1 aliphatic carbocycles. The molecule has 0 aliphatic heterocycles. The van der Waals surface area contributed by atoms with Crippen molar-refractivity contribution >= 4 is 0 Å². The second kappa shape index (κ2) is 3.88. The lowest BCUT2D eigenvalue weighted by atomic mass is 9.99. The van der Waals surface area contributed by atoms with Crippen LogP contribution in [0.4, 0.5) is 0 Å². The fourth-order valence-corrected chi connectivity index (χ4v) is 2.09. The van der Waals surface area contributed by atoms with Gasteiger partial charge in [0, 0.05) is 12.4 Å². The minimum atomic E-state index is -0.0492. The molecule has 2 nitrogen and oxygen atoms in total. The van der Waals surface area contributed by atoms with Crippen molar-refractivity contribution in [1.29, 1.82) is 0 Å². The molecule has 0 aromatic carbocycles. The Morgan fingerprint density at radius 3 is 2.69 bits per heavy atom. The van der Waals surface area contributed by atoms with Gasteiger partial charge in [0.05, 0.1) is 6.10 Å². The van der Waals surface area contributed by atoms with E-state index in [2.05, 4.69) is 17.1 Å². The third-order valence-electron chi connectivity index (χ3n) is 2.79. The van der Waals surface area contributed by atoms with Gasteiger partial charge in [-0.2, -0.15) is 0 Å². The summed E-state index contributed by atoms with van der Waals surface area (Å²) in [4.78, 5) is 3.99. The Hall–Kier alpha value is -0.890. The molecule has 2 rings (SSSR count). The molecule has 13 heavy (non-hydrogen) atoms. The summed E-state index contributed by atoms with van der Waals surface area (Å²) in [6, 6.07) is 4.12. The summed E-state index contributed by atoms with van der Waals surface area (Å²) in [5, 5.41) is 9.37. The van der Waals surface area contributed by atoms with E-state index in [9.17, 15) is 5.11 Å². The summed E-state index contributed by atoms with van der Waals surface area (Å²) in [6.45, 7) is 0. The van der Waals surface area contributed by atoms with Crippen molar-refractivity contribution in [3.8, 4) is 0 Å². The van der Waals surface area contributed by atoms with E-state index in [1.54, 1.807) is 0 Å². The van der Waals surface area contributed by atoms with Crippen LogP contribution < -0.4 is 0 Å². The molecule has 0 amide bonds. The summed E-state index contributed by atoms with van der Waals surface area (Å²) >= 11 is 0. The maximum Gasteiger partial charge on any atom is 0.0543 e. The third kappa shape index (κ3) is 2.28. The molecule has 1 fully saturated rings. The van der Waals surface area contributed by atoms with Gasteiger partial charge in [-0.1, -0.05) is 0 Å². The van der Waals surface area contributed by atoms with Gasteiger partial charge in [0.1, 0.15) is 0 Å². The van der Waals surface area contributed by atoms with Gasteiger partial charge in [0.25, 0.3) is 0 Å². The van der Waals surface area contributed by atoms with Crippen LogP contribution in [-0.4, -0.2) is 16.2 Å². The lowest BCUT2D eigenvalue weighted by Gasteiger charge is -2.08. The van der Waals surface area contributed by atoms with E-state index >= 15 is 0 Å². The highest BCUT2D eigenvalue weighted by molar-refractivity contribution is 5.10. The Kier molecular flexibility index (Phi) is 2.60. The average Bonchev–Trinajstić information content (AvgIpc) is 2.53. The van der Waals surface area contributed by atoms with E-state index < -0.39 is 0 Å². The van der Waals surface area contributed by atoms with E-state index in [-0.39, 0.29) is 6.10 Å². The molecule has 2 atom stereocenters. The maximum absolute atomic E-state index is 9.37. The van der Waals surface area contributed by atoms with E-state index in [1.807, 2.05) is 12.4 Å². The van der Waals surface area contributed by atoms with Gasteiger partial charge in [-0.3, -0.25) is 4.98 Å². The van der Waals surface area contributed by atoms with Crippen molar-refractivity contribution in [3.05, 3.63) is 30.1 Å². The average molecular weight is 177 g/mol. The number of aliphatic hydroxyl groups is 1. The summed E-state index contributed by atoms with van der Waals surface area (Å²) in [5.41, 5.74) is 1.34. The molecule has 1 aliphatic rings. The normalized spacial score (nSPS) is 27.8. The second-order valence-corrected chi connectivity index (χ2v) is 3.89. The molecule has 0 radical (unpaired) electrons. The van der Waals surface area contributed by atoms with Gasteiger partial charge in [-0.05, 0) is 49.3 Å². The SMILES string of the molecule is OC1CCC(Cc2ccncc2)C1. The van der Waals surface area contributed by atoms with Crippen molar-refractivity contribution in [3.63, 3.8) is 0 Å². The third-order valence-corrected chi connectivity index (χ3v) is 2.79. The highest BCUT2D eigenvalue weighted by Gasteiger charge is 2.22. The predicted octanol–water partition coefficient (Wildman–Crippen LogP) is 1.79. The van der Waals surface area contributed by atoms with Crippen molar-refractivity contribution in [1.82, 2.24) is 4.98 Å². The van der Waals surface area contributed by atoms with E-state index in [1.165, 1.54) is 12.0 Å². The Balaban J connectivity index is 1.92. The topological polar surface area (TPSA) is 33.1 Å². The number of nitrogens with zero attached hydrogens (tertiary/aromatic N) is 1. The molecule has 1 saturated carbocycles. The largest absolute Gasteiger partial charge is 0.393 e. The lowest BCUT2D eigenvalue weighted by molar-refractivity contribution is 0.177. The zero-order chi connectivity index (χ0) is 9.10. The van der Waals surface area contributed by atoms with Crippen LogP contribution in [0.25, 0.3) is 0 Å². The van der Waals surface area contributed by atoms with Crippen LogP contribution in [0.2, 0.25) is 0 Å². The van der Waals surface area contributed by atoms with Crippen LogP contribution in [0.15, 0.2) is 24.5 Å². The molecule has 1 aromatic rings. The fourth-order valence-electron chi connectivity index (χ4n) is 2.09. The van der Waals surface area contributed by atoms with E-state index in [0.717, 1.165) is 19.3 Å². The summed E-state index contributed by atoms with van der Waals surface area (Å²) in [5.74, 6) is 0.678. The number of rotatable bonds is 2. The van der Waals surface area contributed by atoms with Crippen molar-refractivity contribution < 1.29 is 5.11 Å². The van der Waals surface area contributed by atoms with Crippen LogP contribution in [0, 0.1) is 5.92 Å². The highest BCUT2D eigenvalue weighted by Crippen LogP contribution is 2.28. The molecule has 70 valence electrons. The molecule has 1 aromatic heterocycles. The summed E-state index contributed by atoms with van der Waals surface area (Å²) < 4.78 is 0. The van der Waals surface area contributed by atoms with Crippen LogP contribution in [0.5, 0.6) is 0 Å². The molecular formula is C11H15NO. The van der Waals surface area contributed by atoms with E-state index in [0.29, 0.717) is 5.92 Å². The van der Waals surface area contributed by atoms with Gasteiger partial charge in [0.2, 0.25) is 0 Å². The number of pyridine rings is 1.